The van der Waals surface area contributed by atoms with Gasteiger partial charge in [0.05, 0.1) is 17.6 Å². The number of aliphatic hydroxyl groups excluding tert-OH is 1. The van der Waals surface area contributed by atoms with E-state index in [0.717, 1.165) is 10.8 Å². The first-order chi connectivity index (χ1) is 18.3. The van der Waals surface area contributed by atoms with E-state index in [1.165, 1.54) is 6.07 Å². The predicted octanol–water partition coefficient (Wildman–Crippen LogP) is 5.79. The molecule has 0 spiro atoms. The Morgan fingerprint density at radius 1 is 1.08 bits per heavy atom. The molecule has 3 aromatic carbocycles. The van der Waals surface area contributed by atoms with Gasteiger partial charge in [-0.05, 0) is 37.6 Å². The van der Waals surface area contributed by atoms with Gasteiger partial charge in [-0.15, -0.1) is 0 Å². The first-order valence-electron chi connectivity index (χ1n) is 11.8. The number of hydrogen-bond acceptors (Lipinski definition) is 4. The van der Waals surface area contributed by atoms with E-state index >= 15 is 0 Å². The van der Waals surface area contributed by atoms with Crippen molar-refractivity contribution < 1.29 is 37.0 Å². The maximum absolute atomic E-state index is 14.4. The van der Waals surface area contributed by atoms with Gasteiger partial charge in [-0.1, -0.05) is 18.2 Å². The summed E-state index contributed by atoms with van der Waals surface area (Å²) in [5.74, 6) is -8.98. The van der Waals surface area contributed by atoms with Crippen LogP contribution in [0.3, 0.4) is 0 Å². The molecule has 0 amide bonds. The van der Waals surface area contributed by atoms with Crippen LogP contribution >= 0.6 is 0 Å². The molecule has 0 atom stereocenters. The van der Waals surface area contributed by atoms with Gasteiger partial charge < -0.3 is 19.3 Å². The van der Waals surface area contributed by atoms with Crippen LogP contribution in [-0.2, 0) is 13.6 Å². The highest BCUT2D eigenvalue weighted by Gasteiger charge is 2.31. The van der Waals surface area contributed by atoms with Crippen LogP contribution in [0.15, 0.2) is 42.6 Å². The molecule has 0 fully saturated rings. The quantitative estimate of drug-likeness (QED) is 0.161. The van der Waals surface area contributed by atoms with Crippen LogP contribution in [0.25, 0.3) is 33.1 Å². The Balaban J connectivity index is 1.81. The van der Waals surface area contributed by atoms with E-state index in [1.54, 1.807) is 43.7 Å². The van der Waals surface area contributed by atoms with E-state index in [-0.39, 0.29) is 33.3 Å². The highest BCUT2D eigenvalue weighted by Crippen LogP contribution is 2.43. The molecule has 0 aliphatic carbocycles. The lowest BCUT2D eigenvalue weighted by Gasteiger charge is -2.17. The molecule has 2 heterocycles. The number of rotatable bonds is 6. The zero-order valence-corrected chi connectivity index (χ0v) is 21.0. The number of phenolic OH excluding ortho intramolecular Hbond substituents is 1. The number of aromatic nitrogens is 3. The SMILES string of the molecule is Cc1cc2c(nc(C)n2C)c(O)c1-c1cccc2c(C(=O)c3cc(F)c(F)c(F)c3)cn(CC(F)(F)CO)c12. The molecule has 0 aliphatic rings. The maximum atomic E-state index is 14.4. The number of imidazole rings is 1. The van der Waals surface area contributed by atoms with Crippen LogP contribution in [0, 0.1) is 31.3 Å². The minimum absolute atomic E-state index is 0.113. The molecule has 11 heteroatoms. The summed E-state index contributed by atoms with van der Waals surface area (Å²) in [6.45, 7) is 0.967. The molecule has 0 saturated heterocycles. The molecule has 0 bridgehead atoms. The van der Waals surface area contributed by atoms with Crippen molar-refractivity contribution in [3.05, 3.63) is 82.6 Å². The first-order valence-corrected chi connectivity index (χ1v) is 11.8. The monoisotopic (exact) mass is 543 g/mol. The van der Waals surface area contributed by atoms with Gasteiger partial charge in [-0.3, -0.25) is 4.79 Å². The molecule has 0 saturated carbocycles. The minimum Gasteiger partial charge on any atom is -0.505 e. The van der Waals surface area contributed by atoms with E-state index in [4.69, 9.17) is 0 Å². The van der Waals surface area contributed by atoms with Crippen LogP contribution in [0.1, 0.15) is 27.3 Å². The number of nitrogens with zero attached hydrogens (tertiary/aromatic N) is 3. The Kier molecular flexibility index (Phi) is 6.21. The second kappa shape index (κ2) is 9.19. The van der Waals surface area contributed by atoms with Crippen molar-refractivity contribution >= 4 is 27.7 Å². The van der Waals surface area contributed by atoms with Crippen molar-refractivity contribution in [1.29, 1.82) is 0 Å². The lowest BCUT2D eigenvalue weighted by Crippen LogP contribution is -2.27. The van der Waals surface area contributed by atoms with Crippen molar-refractivity contribution in [2.24, 2.45) is 7.05 Å². The Labute approximate surface area is 218 Å². The van der Waals surface area contributed by atoms with Gasteiger partial charge in [-0.25, -0.2) is 26.9 Å². The zero-order chi connectivity index (χ0) is 28.4. The normalized spacial score (nSPS) is 12.1. The molecule has 39 heavy (non-hydrogen) atoms. The van der Waals surface area contributed by atoms with Gasteiger partial charge in [0.2, 0.25) is 0 Å². The first kappa shape index (κ1) is 26.4. The Hall–Kier alpha value is -4.25. The second-order valence-corrected chi connectivity index (χ2v) is 9.47. The number of ketones is 1. The Morgan fingerprint density at radius 2 is 1.74 bits per heavy atom. The van der Waals surface area contributed by atoms with Gasteiger partial charge >= 0.3 is 0 Å². The fraction of sp³-hybridized carbons (Fsp3) is 0.214. The molecule has 0 aliphatic heterocycles. The summed E-state index contributed by atoms with van der Waals surface area (Å²) < 4.78 is 73.0. The summed E-state index contributed by atoms with van der Waals surface area (Å²) >= 11 is 0. The average molecular weight is 543 g/mol. The third-order valence-electron chi connectivity index (χ3n) is 6.86. The fourth-order valence-electron chi connectivity index (χ4n) is 4.90. The van der Waals surface area contributed by atoms with Crippen LogP contribution in [0.2, 0.25) is 0 Å². The summed E-state index contributed by atoms with van der Waals surface area (Å²) in [7, 11) is 1.78. The number of carbonyl (C=O) groups excluding carboxylic acids is 1. The van der Waals surface area contributed by atoms with Crippen LogP contribution in [0.5, 0.6) is 5.75 Å². The van der Waals surface area contributed by atoms with Crippen LogP contribution in [0.4, 0.5) is 22.0 Å². The predicted molar refractivity (Wildman–Crippen MR) is 135 cm³/mol. The van der Waals surface area contributed by atoms with Gasteiger partial charge in [-0.2, -0.15) is 0 Å². The summed E-state index contributed by atoms with van der Waals surface area (Å²) in [6.07, 6.45) is 1.09. The number of aromatic hydroxyl groups is 1. The lowest BCUT2D eigenvalue weighted by atomic mass is 9.94. The van der Waals surface area contributed by atoms with Gasteiger partial charge in [0.25, 0.3) is 5.92 Å². The highest BCUT2D eigenvalue weighted by atomic mass is 19.3. The van der Waals surface area contributed by atoms with E-state index in [2.05, 4.69) is 4.98 Å². The van der Waals surface area contributed by atoms with Crippen molar-refractivity contribution in [2.75, 3.05) is 6.61 Å². The molecule has 6 nitrogen and oxygen atoms in total. The lowest BCUT2D eigenvalue weighted by molar-refractivity contribution is -0.0620. The number of halogens is 5. The van der Waals surface area contributed by atoms with E-state index < -0.39 is 47.9 Å². The van der Waals surface area contributed by atoms with E-state index in [0.29, 0.717) is 34.6 Å². The Bertz CT molecular complexity index is 1780. The number of phenols is 1. The summed E-state index contributed by atoms with van der Waals surface area (Å²) in [5, 5.41) is 20.6. The summed E-state index contributed by atoms with van der Waals surface area (Å²) in [5.41, 5.74) is 1.52. The van der Waals surface area contributed by atoms with Gasteiger partial charge in [0.15, 0.2) is 29.0 Å². The Morgan fingerprint density at radius 3 is 2.38 bits per heavy atom. The zero-order valence-electron chi connectivity index (χ0n) is 21.0. The van der Waals surface area contributed by atoms with Crippen LogP contribution < -0.4 is 0 Å². The van der Waals surface area contributed by atoms with Gasteiger partial charge in [0, 0.05) is 40.9 Å². The molecule has 5 rings (SSSR count). The average Bonchev–Trinajstić information content (AvgIpc) is 3.39. The molecule has 0 unspecified atom stereocenters. The maximum Gasteiger partial charge on any atom is 0.288 e. The van der Waals surface area contributed by atoms with E-state index in [1.807, 2.05) is 0 Å². The molecule has 2 N–H and O–H groups in total. The number of fused-ring (bicyclic) bond motifs is 2. The van der Waals surface area contributed by atoms with E-state index in [9.17, 15) is 37.0 Å². The number of aliphatic hydroxyl groups is 1. The molecular weight excluding hydrogens is 521 g/mol. The third kappa shape index (κ3) is 4.22. The molecule has 202 valence electrons. The molecule has 0 radical (unpaired) electrons. The van der Waals surface area contributed by atoms with Crippen molar-refractivity contribution in [3.8, 4) is 16.9 Å². The number of alkyl halides is 2. The number of aryl methyl sites for hydroxylation is 3. The summed E-state index contributed by atoms with van der Waals surface area (Å²) in [6, 6.07) is 7.43. The standard InChI is InChI=1S/C28H22F5N3O3/c1-13-7-21-24(34-14(2)35(21)3)27(39)22(13)17-6-4-5-16-18(10-36(25(16)17)11-28(32,33)12-37)26(38)15-8-19(29)23(31)20(30)9-15/h4-10,37,39H,11-12H2,1-3H3. The second-order valence-electron chi connectivity index (χ2n) is 9.47. The van der Waals surface area contributed by atoms with Crippen molar-refractivity contribution in [3.63, 3.8) is 0 Å². The topological polar surface area (TPSA) is 80.3 Å². The van der Waals surface area contributed by atoms with Gasteiger partial charge in [0.1, 0.15) is 17.9 Å². The number of hydrogen-bond donors (Lipinski definition) is 2. The number of benzene rings is 3. The van der Waals surface area contributed by atoms with Crippen molar-refractivity contribution in [2.45, 2.75) is 26.3 Å². The minimum atomic E-state index is -3.59. The molecule has 2 aromatic heterocycles. The number of para-hydroxylation sites is 1. The molecular formula is C28H22F5N3O3. The number of carbonyl (C=O) groups is 1. The smallest absolute Gasteiger partial charge is 0.288 e. The van der Waals surface area contributed by atoms with Crippen molar-refractivity contribution in [1.82, 2.24) is 14.1 Å². The molecule has 5 aromatic rings. The summed E-state index contributed by atoms with van der Waals surface area (Å²) in [4.78, 5) is 17.8. The van der Waals surface area contributed by atoms with Crippen LogP contribution in [-0.4, -0.2) is 42.6 Å². The third-order valence-corrected chi connectivity index (χ3v) is 6.86. The highest BCUT2D eigenvalue weighted by molar-refractivity contribution is 6.18. The largest absolute Gasteiger partial charge is 0.505 e. The fourth-order valence-corrected chi connectivity index (χ4v) is 4.90.